The molecule has 1 saturated heterocycles. The summed E-state index contributed by atoms with van der Waals surface area (Å²) in [5.74, 6) is -0.258. The molecule has 4 nitrogen and oxygen atoms in total. The molecule has 1 N–H and O–H groups in total. The number of carbonyl (C=O) groups is 2. The van der Waals surface area contributed by atoms with Gasteiger partial charge in [0.05, 0.1) is 17.6 Å². The van der Waals surface area contributed by atoms with Crippen LogP contribution in [0.15, 0.2) is 59.1 Å². The molecule has 2 amide bonds. The first kappa shape index (κ1) is 16.7. The minimum absolute atomic E-state index is 0.0601. The molecule has 1 aliphatic rings. The lowest BCUT2D eigenvalue weighted by Crippen LogP contribution is -2.44. The van der Waals surface area contributed by atoms with Crippen LogP contribution in [0, 0.1) is 5.92 Å². The van der Waals surface area contributed by atoms with Crippen molar-refractivity contribution in [2.45, 2.75) is 18.9 Å². The maximum Gasteiger partial charge on any atom is 0.229 e. The van der Waals surface area contributed by atoms with Crippen LogP contribution in [-0.2, 0) is 9.59 Å². The zero-order valence-electron chi connectivity index (χ0n) is 13.4. The average molecular weight is 387 g/mol. The van der Waals surface area contributed by atoms with E-state index in [-0.39, 0.29) is 23.8 Å². The molecule has 3 rings (SSSR count). The molecule has 1 aliphatic heterocycles. The first-order chi connectivity index (χ1) is 11.6. The number of rotatable bonds is 3. The third-order valence-electron chi connectivity index (χ3n) is 4.47. The Balaban J connectivity index is 1.88. The Hall–Kier alpha value is -2.14. The summed E-state index contributed by atoms with van der Waals surface area (Å²) in [6.07, 6.45) is 0.951. The Kier molecular flexibility index (Phi) is 5.00. The number of piperidine rings is 1. The summed E-state index contributed by atoms with van der Waals surface area (Å²) in [7, 11) is 1.78. The molecule has 2 aromatic carbocycles. The molecule has 24 heavy (non-hydrogen) atoms. The van der Waals surface area contributed by atoms with E-state index in [0.29, 0.717) is 12.8 Å². The van der Waals surface area contributed by atoms with Crippen molar-refractivity contribution in [3.05, 3.63) is 64.6 Å². The van der Waals surface area contributed by atoms with Crippen molar-refractivity contribution in [1.82, 2.24) is 4.90 Å². The predicted molar refractivity (Wildman–Crippen MR) is 97.4 cm³/mol. The van der Waals surface area contributed by atoms with Gasteiger partial charge in [-0.2, -0.15) is 0 Å². The van der Waals surface area contributed by atoms with Crippen molar-refractivity contribution in [3.63, 3.8) is 0 Å². The Morgan fingerprint density at radius 2 is 1.79 bits per heavy atom. The molecule has 0 saturated carbocycles. The van der Waals surface area contributed by atoms with Crippen LogP contribution >= 0.6 is 15.9 Å². The maximum atomic E-state index is 12.9. The second kappa shape index (κ2) is 7.18. The van der Waals surface area contributed by atoms with Crippen molar-refractivity contribution in [1.29, 1.82) is 0 Å². The maximum absolute atomic E-state index is 12.9. The molecule has 0 bridgehead atoms. The normalized spacial score (nSPS) is 20.8. The summed E-state index contributed by atoms with van der Waals surface area (Å²) in [5.41, 5.74) is 1.73. The molecule has 0 spiro atoms. The number of nitrogens with zero attached hydrogens (tertiary/aromatic N) is 1. The Morgan fingerprint density at radius 3 is 2.50 bits per heavy atom. The third-order valence-corrected chi connectivity index (χ3v) is 5.16. The molecule has 0 unspecified atom stereocenters. The summed E-state index contributed by atoms with van der Waals surface area (Å²) in [6, 6.07) is 17.0. The number of benzene rings is 2. The number of para-hydroxylation sites is 1. The number of halogens is 1. The summed E-state index contributed by atoms with van der Waals surface area (Å²) < 4.78 is 0.842. The van der Waals surface area contributed by atoms with E-state index in [1.54, 1.807) is 11.9 Å². The smallest absolute Gasteiger partial charge is 0.229 e. The van der Waals surface area contributed by atoms with Crippen molar-refractivity contribution in [2.24, 2.45) is 5.92 Å². The van der Waals surface area contributed by atoms with Gasteiger partial charge in [-0.3, -0.25) is 9.59 Å². The number of likely N-dealkylation sites (tertiary alicyclic amines) is 1. The van der Waals surface area contributed by atoms with Gasteiger partial charge in [0.2, 0.25) is 11.8 Å². The number of amides is 2. The molecule has 2 atom stereocenters. The molecule has 2 aromatic rings. The van der Waals surface area contributed by atoms with E-state index in [2.05, 4.69) is 21.2 Å². The minimum Gasteiger partial charge on any atom is -0.338 e. The van der Waals surface area contributed by atoms with Gasteiger partial charge in [0.15, 0.2) is 0 Å². The molecule has 124 valence electrons. The zero-order chi connectivity index (χ0) is 17.1. The van der Waals surface area contributed by atoms with Crippen LogP contribution in [0.2, 0.25) is 0 Å². The largest absolute Gasteiger partial charge is 0.338 e. The minimum atomic E-state index is -0.276. The van der Waals surface area contributed by atoms with E-state index in [1.165, 1.54) is 0 Å². The summed E-state index contributed by atoms with van der Waals surface area (Å²) in [4.78, 5) is 26.7. The van der Waals surface area contributed by atoms with Crippen LogP contribution in [-0.4, -0.2) is 23.8 Å². The summed E-state index contributed by atoms with van der Waals surface area (Å²) in [6.45, 7) is 0. The first-order valence-corrected chi connectivity index (χ1v) is 8.73. The van der Waals surface area contributed by atoms with Crippen LogP contribution in [0.25, 0.3) is 0 Å². The lowest BCUT2D eigenvalue weighted by molar-refractivity contribution is -0.140. The first-order valence-electron chi connectivity index (χ1n) is 7.94. The van der Waals surface area contributed by atoms with Gasteiger partial charge in [-0.05, 0) is 40.0 Å². The van der Waals surface area contributed by atoms with E-state index in [1.807, 2.05) is 54.6 Å². The lowest BCUT2D eigenvalue weighted by atomic mass is 9.84. The number of hydrogen-bond donors (Lipinski definition) is 1. The van der Waals surface area contributed by atoms with E-state index in [9.17, 15) is 9.59 Å². The van der Waals surface area contributed by atoms with Crippen molar-refractivity contribution >= 4 is 33.4 Å². The van der Waals surface area contributed by atoms with Gasteiger partial charge in [0.25, 0.3) is 0 Å². The van der Waals surface area contributed by atoms with Crippen molar-refractivity contribution < 1.29 is 9.59 Å². The number of hydrogen-bond acceptors (Lipinski definition) is 2. The molecule has 1 heterocycles. The molecular weight excluding hydrogens is 368 g/mol. The van der Waals surface area contributed by atoms with Gasteiger partial charge in [-0.1, -0.05) is 42.5 Å². The van der Waals surface area contributed by atoms with Crippen molar-refractivity contribution in [3.8, 4) is 0 Å². The summed E-state index contributed by atoms with van der Waals surface area (Å²) in [5, 5.41) is 2.99. The highest BCUT2D eigenvalue weighted by Crippen LogP contribution is 2.36. The second-order valence-corrected chi connectivity index (χ2v) is 6.83. The van der Waals surface area contributed by atoms with E-state index in [0.717, 1.165) is 15.7 Å². The fourth-order valence-corrected chi connectivity index (χ4v) is 3.59. The molecule has 0 radical (unpaired) electrons. The number of anilines is 1. The van der Waals surface area contributed by atoms with Gasteiger partial charge in [0.1, 0.15) is 0 Å². The van der Waals surface area contributed by atoms with Gasteiger partial charge in [-0.25, -0.2) is 0 Å². The Bertz CT molecular complexity index is 748. The predicted octanol–water partition coefficient (Wildman–Crippen LogP) is 4.00. The fraction of sp³-hybridized carbons (Fsp3) is 0.263. The molecule has 0 aromatic heterocycles. The van der Waals surface area contributed by atoms with Gasteiger partial charge in [0, 0.05) is 17.9 Å². The highest BCUT2D eigenvalue weighted by molar-refractivity contribution is 9.10. The Labute approximate surface area is 150 Å². The summed E-state index contributed by atoms with van der Waals surface area (Å²) >= 11 is 3.45. The van der Waals surface area contributed by atoms with Gasteiger partial charge in [-0.15, -0.1) is 0 Å². The molecule has 0 aliphatic carbocycles. The number of nitrogens with one attached hydrogen (secondary N) is 1. The van der Waals surface area contributed by atoms with Crippen molar-refractivity contribution in [2.75, 3.05) is 12.4 Å². The second-order valence-electron chi connectivity index (χ2n) is 5.97. The lowest BCUT2D eigenvalue weighted by Gasteiger charge is -2.38. The monoisotopic (exact) mass is 386 g/mol. The van der Waals surface area contributed by atoms with Crippen LogP contribution < -0.4 is 5.32 Å². The molecule has 1 fully saturated rings. The highest BCUT2D eigenvalue weighted by Gasteiger charge is 2.38. The third kappa shape index (κ3) is 3.36. The van der Waals surface area contributed by atoms with E-state index in [4.69, 9.17) is 0 Å². The average Bonchev–Trinajstić information content (AvgIpc) is 2.60. The van der Waals surface area contributed by atoms with Crippen LogP contribution in [0.4, 0.5) is 5.69 Å². The van der Waals surface area contributed by atoms with Gasteiger partial charge >= 0.3 is 0 Å². The molecule has 5 heteroatoms. The Morgan fingerprint density at radius 1 is 1.12 bits per heavy atom. The van der Waals surface area contributed by atoms with Crippen LogP contribution in [0.3, 0.4) is 0 Å². The van der Waals surface area contributed by atoms with E-state index >= 15 is 0 Å². The quantitative estimate of drug-likeness (QED) is 0.866. The van der Waals surface area contributed by atoms with E-state index < -0.39 is 0 Å². The number of carbonyl (C=O) groups excluding carboxylic acids is 2. The molecular formula is C19H19BrN2O2. The SMILES string of the molecule is CN1C(=O)CC[C@@H](C(=O)Nc2ccccc2Br)[C@H]1c1ccccc1. The standard InChI is InChI=1S/C19H19BrN2O2/c1-22-17(23)12-11-14(18(22)13-7-3-2-4-8-13)19(24)21-16-10-6-5-9-15(16)20/h2-10,14,18H,11-12H2,1H3,(H,21,24)/t14-,18-/m1/s1. The van der Waals surface area contributed by atoms with Gasteiger partial charge < -0.3 is 10.2 Å². The van der Waals surface area contributed by atoms with Crippen LogP contribution in [0.1, 0.15) is 24.4 Å². The highest BCUT2D eigenvalue weighted by atomic mass is 79.9. The van der Waals surface area contributed by atoms with Crippen LogP contribution in [0.5, 0.6) is 0 Å². The topological polar surface area (TPSA) is 49.4 Å². The fourth-order valence-electron chi connectivity index (χ4n) is 3.21. The zero-order valence-corrected chi connectivity index (χ0v) is 15.0.